The molecule has 0 spiro atoms. The van der Waals surface area contributed by atoms with Gasteiger partial charge >= 0.3 is 12.0 Å². The molecule has 0 bridgehead atoms. The van der Waals surface area contributed by atoms with Crippen LogP contribution in [0.2, 0.25) is 0 Å². The number of amides is 2. The fourth-order valence-electron chi connectivity index (χ4n) is 4.39. The minimum atomic E-state index is -0.493. The van der Waals surface area contributed by atoms with Gasteiger partial charge in [0, 0.05) is 11.3 Å². The molecule has 0 saturated carbocycles. The molecule has 1 aliphatic carbocycles. The van der Waals surface area contributed by atoms with Crippen molar-refractivity contribution in [2.75, 3.05) is 25.0 Å². The molecule has 1 fully saturated rings. The van der Waals surface area contributed by atoms with Crippen LogP contribution in [0.1, 0.15) is 73.2 Å². The fourth-order valence-corrected chi connectivity index (χ4v) is 5.67. The highest BCUT2D eigenvalue weighted by Gasteiger charge is 2.32. The maximum absolute atomic E-state index is 12.9. The van der Waals surface area contributed by atoms with Crippen LogP contribution in [0, 0.1) is 5.92 Å². The standard InChI is InChI=1S/C22H33N3O4S/c1-3-7-16(26)19(14-10-12-23-13-11-14)24-22(28)25-20-18(21(27)29-4-2)15-8-5-6-9-17(15)30-20/h14,19,23H,3-13H2,1-2H3,(H2,24,25,28). The summed E-state index contributed by atoms with van der Waals surface area (Å²) in [6, 6.07) is -0.917. The van der Waals surface area contributed by atoms with Crippen LogP contribution in [0.3, 0.4) is 0 Å². The van der Waals surface area contributed by atoms with Gasteiger partial charge in [-0.15, -0.1) is 11.3 Å². The zero-order chi connectivity index (χ0) is 21.5. The zero-order valence-corrected chi connectivity index (χ0v) is 18.8. The van der Waals surface area contributed by atoms with Gasteiger partial charge in [0.15, 0.2) is 5.78 Å². The molecule has 7 nitrogen and oxygen atoms in total. The van der Waals surface area contributed by atoms with Crippen molar-refractivity contribution in [3.63, 3.8) is 0 Å². The quantitative estimate of drug-likeness (QED) is 0.542. The number of ketones is 1. The number of esters is 1. The van der Waals surface area contributed by atoms with Crippen LogP contribution < -0.4 is 16.0 Å². The number of anilines is 1. The lowest BCUT2D eigenvalue weighted by Crippen LogP contribution is -2.50. The van der Waals surface area contributed by atoms with E-state index in [2.05, 4.69) is 16.0 Å². The van der Waals surface area contributed by atoms with Crippen LogP contribution in [0.4, 0.5) is 9.80 Å². The van der Waals surface area contributed by atoms with E-state index in [0.29, 0.717) is 23.6 Å². The Morgan fingerprint density at radius 1 is 1.17 bits per heavy atom. The number of thiophene rings is 1. The molecule has 30 heavy (non-hydrogen) atoms. The minimum absolute atomic E-state index is 0.0793. The number of ether oxygens (including phenoxy) is 1. The fraction of sp³-hybridized carbons (Fsp3) is 0.682. The summed E-state index contributed by atoms with van der Waals surface area (Å²) in [7, 11) is 0. The number of aryl methyl sites for hydroxylation is 1. The molecule has 1 atom stereocenters. The number of Topliss-reactive ketones (excluding diaryl/α,β-unsaturated/α-hetero) is 1. The third-order valence-corrected chi connectivity index (χ3v) is 7.07. The van der Waals surface area contributed by atoms with E-state index in [1.54, 1.807) is 6.92 Å². The first-order valence-electron chi connectivity index (χ1n) is 11.2. The van der Waals surface area contributed by atoms with E-state index >= 15 is 0 Å². The summed E-state index contributed by atoms with van der Waals surface area (Å²) in [6.07, 6.45) is 6.81. The molecular weight excluding hydrogens is 402 g/mol. The van der Waals surface area contributed by atoms with Gasteiger partial charge in [-0.2, -0.15) is 0 Å². The van der Waals surface area contributed by atoms with E-state index in [1.807, 2.05) is 6.92 Å². The van der Waals surface area contributed by atoms with E-state index in [-0.39, 0.29) is 17.7 Å². The molecule has 1 aromatic heterocycles. The van der Waals surface area contributed by atoms with Gasteiger partial charge in [-0.05, 0) is 76.4 Å². The highest BCUT2D eigenvalue weighted by molar-refractivity contribution is 7.17. The van der Waals surface area contributed by atoms with Crippen LogP contribution >= 0.6 is 11.3 Å². The number of nitrogens with one attached hydrogen (secondary N) is 3. The van der Waals surface area contributed by atoms with E-state index in [0.717, 1.165) is 68.5 Å². The molecule has 1 saturated heterocycles. The average Bonchev–Trinajstić information content (AvgIpc) is 3.10. The molecule has 2 heterocycles. The topological polar surface area (TPSA) is 96.5 Å². The Bertz CT molecular complexity index is 771. The summed E-state index contributed by atoms with van der Waals surface area (Å²) in [5.74, 6) is -0.170. The summed E-state index contributed by atoms with van der Waals surface area (Å²) in [6.45, 7) is 5.75. The maximum Gasteiger partial charge on any atom is 0.341 e. The summed E-state index contributed by atoms with van der Waals surface area (Å²) < 4.78 is 5.26. The molecule has 1 aliphatic heterocycles. The number of urea groups is 1. The minimum Gasteiger partial charge on any atom is -0.462 e. The van der Waals surface area contributed by atoms with Crippen molar-refractivity contribution < 1.29 is 19.1 Å². The van der Waals surface area contributed by atoms with Crippen LogP contribution in [0.15, 0.2) is 0 Å². The molecule has 0 radical (unpaired) electrons. The lowest BCUT2D eigenvalue weighted by atomic mass is 9.86. The van der Waals surface area contributed by atoms with Gasteiger partial charge in [0.05, 0.1) is 18.2 Å². The molecule has 2 amide bonds. The summed E-state index contributed by atoms with van der Waals surface area (Å²) in [5.41, 5.74) is 1.50. The summed E-state index contributed by atoms with van der Waals surface area (Å²) in [5, 5.41) is 9.64. The van der Waals surface area contributed by atoms with Gasteiger partial charge in [0.25, 0.3) is 0 Å². The van der Waals surface area contributed by atoms with Gasteiger partial charge in [0.1, 0.15) is 5.00 Å². The average molecular weight is 436 g/mol. The lowest BCUT2D eigenvalue weighted by Gasteiger charge is -2.30. The molecule has 3 N–H and O–H groups in total. The van der Waals surface area contributed by atoms with Gasteiger partial charge < -0.3 is 15.4 Å². The second-order valence-corrected chi connectivity index (χ2v) is 9.12. The first-order chi connectivity index (χ1) is 14.5. The Balaban J connectivity index is 1.77. The van der Waals surface area contributed by atoms with Crippen molar-refractivity contribution in [1.82, 2.24) is 10.6 Å². The number of fused-ring (bicyclic) bond motifs is 1. The summed E-state index contributed by atoms with van der Waals surface area (Å²) in [4.78, 5) is 39.3. The predicted octanol–water partition coefficient (Wildman–Crippen LogP) is 3.66. The van der Waals surface area contributed by atoms with Crippen molar-refractivity contribution in [2.45, 2.75) is 71.3 Å². The van der Waals surface area contributed by atoms with E-state index in [9.17, 15) is 14.4 Å². The zero-order valence-electron chi connectivity index (χ0n) is 18.0. The van der Waals surface area contributed by atoms with Crippen LogP contribution in [-0.2, 0) is 22.4 Å². The molecule has 8 heteroatoms. The third kappa shape index (κ3) is 5.40. The van der Waals surface area contributed by atoms with Crippen LogP contribution in [0.25, 0.3) is 0 Å². The first-order valence-corrected chi connectivity index (χ1v) is 12.0. The van der Waals surface area contributed by atoms with Gasteiger partial charge in [-0.1, -0.05) is 6.92 Å². The lowest BCUT2D eigenvalue weighted by molar-refractivity contribution is -0.122. The predicted molar refractivity (Wildman–Crippen MR) is 118 cm³/mol. The van der Waals surface area contributed by atoms with Crippen LogP contribution in [-0.4, -0.2) is 43.5 Å². The van der Waals surface area contributed by atoms with Crippen LogP contribution in [0.5, 0.6) is 0 Å². The number of rotatable bonds is 8. The molecule has 1 unspecified atom stereocenters. The normalized spacial score (nSPS) is 17.7. The van der Waals surface area contributed by atoms with Crippen molar-refractivity contribution in [3.8, 4) is 0 Å². The van der Waals surface area contributed by atoms with Crippen molar-refractivity contribution in [2.24, 2.45) is 5.92 Å². The summed E-state index contributed by atoms with van der Waals surface area (Å²) >= 11 is 1.46. The van der Waals surface area contributed by atoms with E-state index in [1.165, 1.54) is 11.3 Å². The Hall–Kier alpha value is -1.93. The first kappa shape index (κ1) is 22.7. The highest BCUT2D eigenvalue weighted by atomic mass is 32.1. The molecule has 1 aromatic rings. The second kappa shape index (κ2) is 10.9. The number of carbonyl (C=O) groups excluding carboxylic acids is 3. The number of hydrogen-bond acceptors (Lipinski definition) is 6. The second-order valence-electron chi connectivity index (χ2n) is 8.02. The monoisotopic (exact) mass is 435 g/mol. The van der Waals surface area contributed by atoms with Gasteiger partial charge in [0.2, 0.25) is 0 Å². The largest absolute Gasteiger partial charge is 0.462 e. The van der Waals surface area contributed by atoms with E-state index in [4.69, 9.17) is 4.74 Å². The third-order valence-electron chi connectivity index (χ3n) is 5.86. The number of piperidine rings is 1. The Kier molecular flexibility index (Phi) is 8.27. The maximum atomic E-state index is 12.9. The van der Waals surface area contributed by atoms with Crippen molar-refractivity contribution >= 4 is 34.1 Å². The molecule has 3 rings (SSSR count). The van der Waals surface area contributed by atoms with Gasteiger partial charge in [-0.3, -0.25) is 10.1 Å². The Morgan fingerprint density at radius 3 is 2.60 bits per heavy atom. The number of hydrogen-bond donors (Lipinski definition) is 3. The smallest absolute Gasteiger partial charge is 0.341 e. The SMILES string of the molecule is CCCC(=O)C(NC(=O)Nc1sc2c(c1C(=O)OCC)CCCC2)C1CCNCC1. The Morgan fingerprint density at radius 2 is 1.90 bits per heavy atom. The molecule has 0 aromatic carbocycles. The Labute approximate surface area is 182 Å². The van der Waals surface area contributed by atoms with Crippen molar-refractivity contribution in [1.29, 1.82) is 0 Å². The number of carbonyl (C=O) groups is 3. The highest BCUT2D eigenvalue weighted by Crippen LogP contribution is 2.38. The van der Waals surface area contributed by atoms with E-state index < -0.39 is 12.1 Å². The molecule has 2 aliphatic rings. The molecular formula is C22H33N3O4S. The van der Waals surface area contributed by atoms with Crippen molar-refractivity contribution in [3.05, 3.63) is 16.0 Å². The van der Waals surface area contributed by atoms with Gasteiger partial charge in [-0.25, -0.2) is 9.59 Å². The molecule has 166 valence electrons.